The van der Waals surface area contributed by atoms with E-state index in [1.54, 1.807) is 36.4 Å². The number of hydrogen-bond donors (Lipinski definition) is 2. The van der Waals surface area contributed by atoms with Gasteiger partial charge in [-0.05, 0) is 48.0 Å². The van der Waals surface area contributed by atoms with Crippen LogP contribution in [0.15, 0.2) is 73.1 Å². The molecule has 4 aromatic rings. The van der Waals surface area contributed by atoms with Crippen molar-refractivity contribution in [3.63, 3.8) is 0 Å². The fourth-order valence-electron chi connectivity index (χ4n) is 3.16. The van der Waals surface area contributed by atoms with Crippen molar-refractivity contribution in [3.05, 3.63) is 78.6 Å². The second-order valence-electron chi connectivity index (χ2n) is 6.81. The van der Waals surface area contributed by atoms with E-state index in [1.165, 1.54) is 12.3 Å². The molecule has 0 atom stereocenters. The van der Waals surface area contributed by atoms with Crippen LogP contribution in [-0.4, -0.2) is 15.6 Å². The lowest BCUT2D eigenvalue weighted by Crippen LogP contribution is -2.20. The molecule has 0 fully saturated rings. The summed E-state index contributed by atoms with van der Waals surface area (Å²) in [6, 6.07) is 15.0. The molecule has 0 radical (unpaired) electrons. The number of anilines is 2. The summed E-state index contributed by atoms with van der Waals surface area (Å²) in [6.45, 7) is 0. The van der Waals surface area contributed by atoms with Crippen molar-refractivity contribution in [3.8, 4) is 11.1 Å². The molecule has 0 bridgehead atoms. The summed E-state index contributed by atoms with van der Waals surface area (Å²) >= 11 is 0. The van der Waals surface area contributed by atoms with Gasteiger partial charge in [0.05, 0.1) is 5.56 Å². The third kappa shape index (κ3) is 4.12. The summed E-state index contributed by atoms with van der Waals surface area (Å²) in [7, 11) is 1.84. The van der Waals surface area contributed by atoms with Crippen LogP contribution in [-0.2, 0) is 13.2 Å². The maximum atomic E-state index is 13.5. The zero-order valence-corrected chi connectivity index (χ0v) is 15.9. The Balaban J connectivity index is 1.69. The maximum Gasteiger partial charge on any atom is 0.416 e. The first-order chi connectivity index (χ1) is 14.3. The number of nitrogens with zero attached hydrogens (tertiary/aromatic N) is 2. The van der Waals surface area contributed by atoms with Gasteiger partial charge in [-0.3, -0.25) is 0 Å². The fraction of sp³-hybridized carbons (Fsp3) is 0.0909. The SMILES string of the molecule is Cn1ccc2cc(-c3cc(NC(=O)Nc4ccccc4)cc(C(F)(F)F)c3)cnc21. The third-order valence-corrected chi connectivity index (χ3v) is 4.59. The number of alkyl halides is 3. The standard InChI is InChI=1S/C22H17F3N4O/c1-29-8-7-14-9-16(13-26-20(14)29)15-10-17(22(23,24)25)12-19(11-15)28-21(30)27-18-5-3-2-4-6-18/h2-13H,1H3,(H2,27,28,30). The molecule has 5 nitrogen and oxygen atoms in total. The first kappa shape index (κ1) is 19.5. The third-order valence-electron chi connectivity index (χ3n) is 4.59. The Hall–Kier alpha value is -3.81. The van der Waals surface area contributed by atoms with Crippen molar-refractivity contribution in [2.45, 2.75) is 6.18 Å². The Kier molecular flexibility index (Phi) is 4.91. The summed E-state index contributed by atoms with van der Waals surface area (Å²) in [5.74, 6) is 0. The van der Waals surface area contributed by atoms with Crippen LogP contribution in [0.5, 0.6) is 0 Å². The first-order valence-electron chi connectivity index (χ1n) is 9.06. The van der Waals surface area contributed by atoms with Gasteiger partial charge < -0.3 is 15.2 Å². The van der Waals surface area contributed by atoms with Gasteiger partial charge in [0, 0.05) is 41.8 Å². The Morgan fingerprint density at radius 3 is 2.40 bits per heavy atom. The number of aryl methyl sites for hydroxylation is 1. The molecule has 2 aromatic heterocycles. The van der Waals surface area contributed by atoms with Crippen LogP contribution >= 0.6 is 0 Å². The summed E-state index contributed by atoms with van der Waals surface area (Å²) < 4.78 is 42.2. The average molecular weight is 410 g/mol. The van der Waals surface area contributed by atoms with Crippen LogP contribution < -0.4 is 10.6 Å². The molecule has 0 aliphatic carbocycles. The predicted molar refractivity (Wildman–Crippen MR) is 110 cm³/mol. The second-order valence-corrected chi connectivity index (χ2v) is 6.81. The van der Waals surface area contributed by atoms with E-state index in [9.17, 15) is 18.0 Å². The summed E-state index contributed by atoms with van der Waals surface area (Å²) in [5.41, 5.74) is 1.25. The number of amides is 2. The molecule has 0 unspecified atom stereocenters. The van der Waals surface area contributed by atoms with E-state index < -0.39 is 17.8 Å². The first-order valence-corrected chi connectivity index (χ1v) is 9.06. The van der Waals surface area contributed by atoms with Crippen molar-refractivity contribution < 1.29 is 18.0 Å². The molecule has 8 heteroatoms. The van der Waals surface area contributed by atoms with Crippen LogP contribution in [0.2, 0.25) is 0 Å². The Morgan fingerprint density at radius 1 is 0.933 bits per heavy atom. The minimum atomic E-state index is -4.56. The fourth-order valence-corrected chi connectivity index (χ4v) is 3.16. The molecule has 152 valence electrons. The number of aromatic nitrogens is 2. The molecule has 30 heavy (non-hydrogen) atoms. The lowest BCUT2D eigenvalue weighted by Gasteiger charge is -2.14. The number of urea groups is 1. The number of rotatable bonds is 3. The van der Waals surface area contributed by atoms with Gasteiger partial charge in [-0.2, -0.15) is 13.2 Å². The van der Waals surface area contributed by atoms with Crippen molar-refractivity contribution in [2.24, 2.45) is 7.05 Å². The number of carbonyl (C=O) groups is 1. The van der Waals surface area contributed by atoms with E-state index in [-0.39, 0.29) is 5.69 Å². The normalized spacial score (nSPS) is 11.5. The monoisotopic (exact) mass is 410 g/mol. The second kappa shape index (κ2) is 7.55. The maximum absolute atomic E-state index is 13.5. The number of para-hydroxylation sites is 1. The van der Waals surface area contributed by atoms with E-state index in [2.05, 4.69) is 15.6 Å². The molecule has 4 rings (SSSR count). The van der Waals surface area contributed by atoms with Gasteiger partial charge in [-0.15, -0.1) is 0 Å². The van der Waals surface area contributed by atoms with Gasteiger partial charge in [-0.25, -0.2) is 9.78 Å². The van der Waals surface area contributed by atoms with Gasteiger partial charge in [0.1, 0.15) is 5.65 Å². The Labute approximate surface area is 170 Å². The van der Waals surface area contributed by atoms with Gasteiger partial charge >= 0.3 is 12.2 Å². The van der Waals surface area contributed by atoms with Gasteiger partial charge in [0.2, 0.25) is 0 Å². The highest BCUT2D eigenvalue weighted by atomic mass is 19.4. The van der Waals surface area contributed by atoms with Crippen molar-refractivity contribution in [1.82, 2.24) is 9.55 Å². The number of benzene rings is 2. The quantitative estimate of drug-likeness (QED) is 0.442. The van der Waals surface area contributed by atoms with E-state index in [0.29, 0.717) is 16.8 Å². The zero-order valence-electron chi connectivity index (χ0n) is 15.9. The van der Waals surface area contributed by atoms with Crippen LogP contribution in [0.4, 0.5) is 29.3 Å². The molecular formula is C22H17F3N4O. The molecule has 0 saturated heterocycles. The van der Waals surface area contributed by atoms with Crippen LogP contribution in [0.1, 0.15) is 5.56 Å². The van der Waals surface area contributed by atoms with Gasteiger partial charge in [0.15, 0.2) is 0 Å². The van der Waals surface area contributed by atoms with Crippen LogP contribution in [0.3, 0.4) is 0 Å². The lowest BCUT2D eigenvalue weighted by atomic mass is 10.0. The molecule has 0 saturated carbocycles. The molecule has 0 aliphatic heterocycles. The highest BCUT2D eigenvalue weighted by Gasteiger charge is 2.31. The summed E-state index contributed by atoms with van der Waals surface area (Å²) in [5, 5.41) is 5.88. The lowest BCUT2D eigenvalue weighted by molar-refractivity contribution is -0.137. The number of fused-ring (bicyclic) bond motifs is 1. The van der Waals surface area contributed by atoms with E-state index in [0.717, 1.165) is 23.2 Å². The molecule has 2 amide bonds. The van der Waals surface area contributed by atoms with Gasteiger partial charge in [-0.1, -0.05) is 18.2 Å². The van der Waals surface area contributed by atoms with Crippen molar-refractivity contribution in [1.29, 1.82) is 0 Å². The van der Waals surface area contributed by atoms with Crippen molar-refractivity contribution in [2.75, 3.05) is 10.6 Å². The largest absolute Gasteiger partial charge is 0.416 e. The highest BCUT2D eigenvalue weighted by molar-refractivity contribution is 6.00. The summed E-state index contributed by atoms with van der Waals surface area (Å²) in [6.07, 6.45) is -1.22. The number of nitrogens with one attached hydrogen (secondary N) is 2. The average Bonchev–Trinajstić information content (AvgIpc) is 3.08. The zero-order chi connectivity index (χ0) is 21.3. The van der Waals surface area contributed by atoms with Crippen molar-refractivity contribution >= 4 is 28.4 Å². The Morgan fingerprint density at radius 2 is 1.67 bits per heavy atom. The highest BCUT2D eigenvalue weighted by Crippen LogP contribution is 2.35. The molecule has 2 heterocycles. The molecule has 2 N–H and O–H groups in total. The predicted octanol–water partition coefficient (Wildman–Crippen LogP) is 5.90. The Bertz CT molecular complexity index is 1220. The number of pyridine rings is 1. The molecule has 2 aromatic carbocycles. The number of halogens is 3. The van der Waals surface area contributed by atoms with Crippen LogP contribution in [0.25, 0.3) is 22.2 Å². The summed E-state index contributed by atoms with van der Waals surface area (Å²) in [4.78, 5) is 16.6. The molecule has 0 aliphatic rings. The van der Waals surface area contributed by atoms with E-state index in [4.69, 9.17) is 0 Å². The van der Waals surface area contributed by atoms with E-state index in [1.807, 2.05) is 23.9 Å². The number of carbonyl (C=O) groups excluding carboxylic acids is 1. The minimum absolute atomic E-state index is 0.0291. The topological polar surface area (TPSA) is 59.0 Å². The molecule has 0 spiro atoms. The molecular weight excluding hydrogens is 393 g/mol. The minimum Gasteiger partial charge on any atom is -0.336 e. The van der Waals surface area contributed by atoms with Gasteiger partial charge in [0.25, 0.3) is 0 Å². The smallest absolute Gasteiger partial charge is 0.336 e. The number of hydrogen-bond acceptors (Lipinski definition) is 2. The van der Waals surface area contributed by atoms with E-state index >= 15 is 0 Å². The van der Waals surface area contributed by atoms with Crippen LogP contribution in [0, 0.1) is 0 Å².